The standard InChI is InChI=1S/C17H26N2O2/c1-12-5-7-13(8-6-12)14-9-10-19(11-15(14)18)21-16(20)17(2,3)4/h5-8,14-15H,9-11,18H2,1-4H3. The smallest absolute Gasteiger partial charge is 0.330 e. The maximum atomic E-state index is 11.9. The highest BCUT2D eigenvalue weighted by Gasteiger charge is 2.32. The van der Waals surface area contributed by atoms with Crippen LogP contribution in [-0.4, -0.2) is 30.2 Å². The van der Waals surface area contributed by atoms with E-state index in [0.29, 0.717) is 12.5 Å². The average Bonchev–Trinajstić information content (AvgIpc) is 2.39. The normalized spacial score (nSPS) is 23.9. The van der Waals surface area contributed by atoms with Crippen molar-refractivity contribution in [2.75, 3.05) is 13.1 Å². The highest BCUT2D eigenvalue weighted by Crippen LogP contribution is 2.28. The Labute approximate surface area is 127 Å². The van der Waals surface area contributed by atoms with E-state index in [2.05, 4.69) is 31.2 Å². The number of aryl methyl sites for hydroxylation is 1. The highest BCUT2D eigenvalue weighted by atomic mass is 16.7. The zero-order valence-electron chi connectivity index (χ0n) is 13.4. The van der Waals surface area contributed by atoms with E-state index in [1.54, 1.807) is 5.06 Å². The van der Waals surface area contributed by atoms with Crippen LogP contribution in [0.3, 0.4) is 0 Å². The number of nitrogens with two attached hydrogens (primary N) is 1. The Morgan fingerprint density at radius 3 is 2.43 bits per heavy atom. The second-order valence-corrected chi connectivity index (χ2v) is 6.99. The summed E-state index contributed by atoms with van der Waals surface area (Å²) >= 11 is 0. The van der Waals surface area contributed by atoms with Crippen LogP contribution in [0.2, 0.25) is 0 Å². The Balaban J connectivity index is 1.96. The van der Waals surface area contributed by atoms with E-state index in [9.17, 15) is 4.79 Å². The maximum Gasteiger partial charge on any atom is 0.330 e. The van der Waals surface area contributed by atoms with E-state index in [1.165, 1.54) is 11.1 Å². The molecule has 2 atom stereocenters. The first-order valence-corrected chi connectivity index (χ1v) is 7.57. The van der Waals surface area contributed by atoms with Crippen molar-refractivity contribution in [2.24, 2.45) is 11.1 Å². The van der Waals surface area contributed by atoms with Gasteiger partial charge in [0.05, 0.1) is 12.0 Å². The van der Waals surface area contributed by atoms with Crippen molar-refractivity contribution in [1.82, 2.24) is 5.06 Å². The third-order valence-electron chi connectivity index (χ3n) is 3.95. The second-order valence-electron chi connectivity index (χ2n) is 6.99. The summed E-state index contributed by atoms with van der Waals surface area (Å²) in [6.07, 6.45) is 0.904. The van der Waals surface area contributed by atoms with Gasteiger partial charge in [-0.05, 0) is 39.7 Å². The molecule has 0 aliphatic carbocycles. The molecule has 0 spiro atoms. The number of rotatable bonds is 2. The lowest BCUT2D eigenvalue weighted by molar-refractivity contribution is -0.205. The lowest BCUT2D eigenvalue weighted by atomic mass is 9.86. The summed E-state index contributed by atoms with van der Waals surface area (Å²) in [5, 5.41) is 1.71. The van der Waals surface area contributed by atoms with Gasteiger partial charge in [0.15, 0.2) is 0 Å². The number of hydroxylamine groups is 2. The Bertz CT molecular complexity index is 491. The third kappa shape index (κ3) is 4.05. The summed E-state index contributed by atoms with van der Waals surface area (Å²) in [7, 11) is 0. The van der Waals surface area contributed by atoms with Crippen LogP contribution in [0.15, 0.2) is 24.3 Å². The van der Waals surface area contributed by atoms with Gasteiger partial charge in [0, 0.05) is 18.5 Å². The van der Waals surface area contributed by atoms with Crippen molar-refractivity contribution < 1.29 is 9.63 Å². The van der Waals surface area contributed by atoms with Gasteiger partial charge in [0.1, 0.15) is 0 Å². The zero-order valence-corrected chi connectivity index (χ0v) is 13.4. The minimum atomic E-state index is -0.488. The molecule has 0 aromatic heterocycles. The van der Waals surface area contributed by atoms with E-state index >= 15 is 0 Å². The Morgan fingerprint density at radius 1 is 1.29 bits per heavy atom. The Morgan fingerprint density at radius 2 is 1.90 bits per heavy atom. The first kappa shape index (κ1) is 16.0. The molecule has 0 radical (unpaired) electrons. The van der Waals surface area contributed by atoms with Crippen LogP contribution >= 0.6 is 0 Å². The van der Waals surface area contributed by atoms with Gasteiger partial charge >= 0.3 is 5.97 Å². The van der Waals surface area contributed by atoms with Gasteiger partial charge in [0.2, 0.25) is 0 Å². The molecule has 0 saturated carbocycles. The summed E-state index contributed by atoms with van der Waals surface area (Å²) in [5.41, 5.74) is 8.33. The second kappa shape index (κ2) is 6.16. The van der Waals surface area contributed by atoms with Crippen molar-refractivity contribution in [1.29, 1.82) is 0 Å². The van der Waals surface area contributed by atoms with Gasteiger partial charge in [-0.1, -0.05) is 29.8 Å². The van der Waals surface area contributed by atoms with E-state index < -0.39 is 5.41 Å². The number of carbonyl (C=O) groups excluding carboxylic acids is 1. The lowest BCUT2D eigenvalue weighted by Gasteiger charge is -2.36. The first-order valence-electron chi connectivity index (χ1n) is 7.57. The van der Waals surface area contributed by atoms with Crippen LogP contribution in [0.4, 0.5) is 0 Å². The maximum absolute atomic E-state index is 11.9. The number of hydrogen-bond donors (Lipinski definition) is 1. The molecule has 2 N–H and O–H groups in total. The minimum Gasteiger partial charge on any atom is -0.367 e. The number of carbonyl (C=O) groups is 1. The van der Waals surface area contributed by atoms with Crippen LogP contribution in [0.25, 0.3) is 0 Å². The molecule has 2 unspecified atom stereocenters. The van der Waals surface area contributed by atoms with Gasteiger partial charge in [-0.25, -0.2) is 4.79 Å². The lowest BCUT2D eigenvalue weighted by Crippen LogP contribution is -2.48. The molecule has 0 amide bonds. The molecule has 1 aromatic carbocycles. The molecule has 1 heterocycles. The zero-order chi connectivity index (χ0) is 15.6. The van der Waals surface area contributed by atoms with E-state index in [0.717, 1.165) is 13.0 Å². The Kier molecular flexibility index (Phi) is 4.69. The van der Waals surface area contributed by atoms with Crippen LogP contribution in [0, 0.1) is 12.3 Å². The molecule has 1 saturated heterocycles. The largest absolute Gasteiger partial charge is 0.367 e. The average molecular weight is 290 g/mol. The molecule has 21 heavy (non-hydrogen) atoms. The fourth-order valence-corrected chi connectivity index (χ4v) is 2.52. The molecule has 0 bridgehead atoms. The van der Waals surface area contributed by atoms with Crippen molar-refractivity contribution in [3.05, 3.63) is 35.4 Å². The SMILES string of the molecule is Cc1ccc(C2CCN(OC(=O)C(C)(C)C)CC2N)cc1. The van der Waals surface area contributed by atoms with E-state index in [-0.39, 0.29) is 12.0 Å². The summed E-state index contributed by atoms with van der Waals surface area (Å²) in [6, 6.07) is 8.52. The summed E-state index contributed by atoms with van der Waals surface area (Å²) in [6.45, 7) is 8.96. The van der Waals surface area contributed by atoms with Crippen LogP contribution in [0.1, 0.15) is 44.2 Å². The van der Waals surface area contributed by atoms with Crippen LogP contribution < -0.4 is 5.73 Å². The van der Waals surface area contributed by atoms with Crippen LogP contribution in [0.5, 0.6) is 0 Å². The predicted octanol–water partition coefficient (Wildman–Crippen LogP) is 2.62. The van der Waals surface area contributed by atoms with Crippen molar-refractivity contribution in [3.63, 3.8) is 0 Å². The molecular formula is C17H26N2O2. The summed E-state index contributed by atoms with van der Waals surface area (Å²) in [5.74, 6) is 0.124. The number of benzene rings is 1. The molecule has 1 fully saturated rings. The Hall–Kier alpha value is -1.39. The molecule has 116 valence electrons. The van der Waals surface area contributed by atoms with E-state index in [1.807, 2.05) is 20.8 Å². The number of nitrogens with zero attached hydrogens (tertiary/aromatic N) is 1. The van der Waals surface area contributed by atoms with E-state index in [4.69, 9.17) is 10.6 Å². The molecular weight excluding hydrogens is 264 g/mol. The quantitative estimate of drug-likeness (QED) is 0.909. The fraction of sp³-hybridized carbons (Fsp3) is 0.588. The van der Waals surface area contributed by atoms with Gasteiger partial charge in [-0.15, -0.1) is 5.06 Å². The molecule has 2 rings (SSSR count). The topological polar surface area (TPSA) is 55.6 Å². The monoisotopic (exact) mass is 290 g/mol. The predicted molar refractivity (Wildman–Crippen MR) is 83.6 cm³/mol. The highest BCUT2D eigenvalue weighted by molar-refractivity contribution is 5.75. The minimum absolute atomic E-state index is 0.0192. The van der Waals surface area contributed by atoms with Gasteiger partial charge < -0.3 is 10.6 Å². The van der Waals surface area contributed by atoms with Crippen molar-refractivity contribution >= 4 is 5.97 Å². The molecule has 1 aliphatic heterocycles. The number of hydrogen-bond acceptors (Lipinski definition) is 4. The van der Waals surface area contributed by atoms with Gasteiger partial charge in [0.25, 0.3) is 0 Å². The van der Waals surface area contributed by atoms with Crippen molar-refractivity contribution in [3.8, 4) is 0 Å². The molecule has 1 aliphatic rings. The fourth-order valence-electron chi connectivity index (χ4n) is 2.52. The molecule has 4 heteroatoms. The first-order chi connectivity index (χ1) is 9.77. The molecule has 1 aromatic rings. The van der Waals surface area contributed by atoms with Crippen LogP contribution in [-0.2, 0) is 9.63 Å². The summed E-state index contributed by atoms with van der Waals surface area (Å²) in [4.78, 5) is 17.4. The third-order valence-corrected chi connectivity index (χ3v) is 3.95. The van der Waals surface area contributed by atoms with Crippen molar-refractivity contribution in [2.45, 2.75) is 46.1 Å². The molecule has 4 nitrogen and oxygen atoms in total. The number of piperidine rings is 1. The van der Waals surface area contributed by atoms with Gasteiger partial charge in [-0.2, -0.15) is 0 Å². The summed E-state index contributed by atoms with van der Waals surface area (Å²) < 4.78 is 0. The van der Waals surface area contributed by atoms with Gasteiger partial charge in [-0.3, -0.25) is 0 Å².